The second-order valence-electron chi connectivity index (χ2n) is 10.2. The number of nitrogens with zero attached hydrogens (tertiary/aromatic N) is 1. The van der Waals surface area contributed by atoms with Crippen LogP contribution in [0.2, 0.25) is 0 Å². The molecule has 44 heavy (non-hydrogen) atoms. The van der Waals surface area contributed by atoms with Gasteiger partial charge in [0.1, 0.15) is 23.4 Å². The van der Waals surface area contributed by atoms with Gasteiger partial charge in [0.2, 0.25) is 5.91 Å². The summed E-state index contributed by atoms with van der Waals surface area (Å²) in [5.41, 5.74) is 0.275. The molecule has 2 fully saturated rings. The Kier molecular flexibility index (Phi) is 11.4. The molecular weight excluding hydrogens is 618 g/mol. The molecule has 1 heterocycles. The molecule has 9 nitrogen and oxygen atoms in total. The lowest BCUT2D eigenvalue weighted by molar-refractivity contribution is -0.275. The third-order valence-corrected chi connectivity index (χ3v) is 7.18. The van der Waals surface area contributed by atoms with Crippen LogP contribution in [0.1, 0.15) is 19.3 Å². The molecular formula is C28H32F6N4O5S. The van der Waals surface area contributed by atoms with E-state index in [2.05, 4.69) is 30.3 Å². The Morgan fingerprint density at radius 1 is 0.932 bits per heavy atom. The van der Waals surface area contributed by atoms with Crippen LogP contribution in [-0.4, -0.2) is 80.2 Å². The number of hydrogen-bond acceptors (Lipinski definition) is 7. The monoisotopic (exact) mass is 650 g/mol. The molecule has 0 radical (unpaired) electrons. The van der Waals surface area contributed by atoms with E-state index in [0.29, 0.717) is 45.6 Å². The standard InChI is InChI=1S/C28H32F6N4O5S/c29-27(30,31)42-21-7-5-20(6-8-21)41-24-9-4-19(17-23(24)25(39)35-10-11-38-12-14-40-15-13-38)37-26(44)36-18-2-1-3-22(16-18)43-28(32,33)34/h1-3,5-8,16,19,23-24H,4,9-15,17H2,(H,35,39)(H2,36,37,44). The first-order chi connectivity index (χ1) is 20.8. The van der Waals surface area contributed by atoms with E-state index in [4.69, 9.17) is 21.7 Å². The molecule has 1 amide bonds. The molecule has 0 spiro atoms. The molecule has 3 atom stereocenters. The first kappa shape index (κ1) is 33.4. The minimum absolute atomic E-state index is 0.144. The Morgan fingerprint density at radius 3 is 2.27 bits per heavy atom. The first-order valence-electron chi connectivity index (χ1n) is 13.9. The van der Waals surface area contributed by atoms with Gasteiger partial charge in [-0.15, -0.1) is 26.3 Å². The number of benzene rings is 2. The summed E-state index contributed by atoms with van der Waals surface area (Å²) in [6, 6.07) is 9.90. The normalized spacial score (nSPS) is 21.2. The van der Waals surface area contributed by atoms with E-state index < -0.39 is 36.2 Å². The molecule has 1 aliphatic carbocycles. The molecule has 0 aromatic heterocycles. The number of ether oxygens (including phenoxy) is 4. The van der Waals surface area contributed by atoms with Gasteiger partial charge in [-0.2, -0.15) is 0 Å². The zero-order valence-corrected chi connectivity index (χ0v) is 24.2. The maximum atomic E-state index is 13.4. The van der Waals surface area contributed by atoms with Crippen molar-refractivity contribution < 1.29 is 50.1 Å². The number of carbonyl (C=O) groups is 1. The zero-order chi connectivity index (χ0) is 31.7. The smallest absolute Gasteiger partial charge is 0.490 e. The summed E-state index contributed by atoms with van der Waals surface area (Å²) < 4.78 is 94.6. The lowest BCUT2D eigenvalue weighted by Crippen LogP contribution is -2.51. The fourth-order valence-corrected chi connectivity index (χ4v) is 5.29. The number of anilines is 1. The Bertz CT molecular complexity index is 1240. The van der Waals surface area contributed by atoms with Gasteiger partial charge in [-0.25, -0.2) is 0 Å². The summed E-state index contributed by atoms with van der Waals surface area (Å²) in [4.78, 5) is 15.5. The van der Waals surface area contributed by atoms with E-state index in [-0.39, 0.29) is 28.5 Å². The van der Waals surface area contributed by atoms with E-state index in [1.807, 2.05) is 0 Å². The largest absolute Gasteiger partial charge is 0.573 e. The molecule has 16 heteroatoms. The zero-order valence-electron chi connectivity index (χ0n) is 23.4. The Labute approximate surface area is 255 Å². The molecule has 2 aliphatic rings. The molecule has 0 bridgehead atoms. The van der Waals surface area contributed by atoms with Gasteiger partial charge < -0.3 is 34.9 Å². The maximum Gasteiger partial charge on any atom is 0.573 e. The molecule has 1 saturated heterocycles. The summed E-state index contributed by atoms with van der Waals surface area (Å²) in [6.07, 6.45) is -9.00. The van der Waals surface area contributed by atoms with Crippen molar-refractivity contribution in [3.63, 3.8) is 0 Å². The lowest BCUT2D eigenvalue weighted by Gasteiger charge is -2.36. The van der Waals surface area contributed by atoms with Crippen molar-refractivity contribution in [2.45, 2.75) is 44.1 Å². The number of rotatable bonds is 10. The number of carbonyl (C=O) groups excluding carboxylic acids is 1. The maximum absolute atomic E-state index is 13.4. The van der Waals surface area contributed by atoms with Gasteiger partial charge in [-0.1, -0.05) is 6.07 Å². The van der Waals surface area contributed by atoms with Crippen LogP contribution in [0, 0.1) is 5.92 Å². The predicted molar refractivity (Wildman–Crippen MR) is 151 cm³/mol. The van der Waals surface area contributed by atoms with Gasteiger partial charge in [0.05, 0.1) is 19.1 Å². The average molecular weight is 651 g/mol. The van der Waals surface area contributed by atoms with Crippen LogP contribution in [0.3, 0.4) is 0 Å². The molecule has 2 aromatic carbocycles. The van der Waals surface area contributed by atoms with E-state index in [1.54, 1.807) is 0 Å². The molecule has 1 aliphatic heterocycles. The minimum Gasteiger partial charge on any atom is -0.490 e. The number of amides is 1. The Morgan fingerprint density at radius 2 is 1.59 bits per heavy atom. The molecule has 2 aromatic rings. The molecule has 242 valence electrons. The van der Waals surface area contributed by atoms with Gasteiger partial charge >= 0.3 is 12.7 Å². The summed E-state index contributed by atoms with van der Waals surface area (Å²) in [5.74, 6) is -1.41. The van der Waals surface area contributed by atoms with Crippen LogP contribution in [-0.2, 0) is 9.53 Å². The fourth-order valence-electron chi connectivity index (χ4n) is 5.00. The quantitative estimate of drug-likeness (QED) is 0.247. The van der Waals surface area contributed by atoms with Gasteiger partial charge in [0, 0.05) is 44.0 Å². The number of alkyl halides is 6. The van der Waals surface area contributed by atoms with E-state index in [9.17, 15) is 31.1 Å². The third kappa shape index (κ3) is 11.2. The van der Waals surface area contributed by atoms with Crippen LogP contribution in [0.15, 0.2) is 48.5 Å². The SMILES string of the molecule is O=C(NCCN1CCOCC1)C1CC(NC(=S)Nc2cccc(OC(F)(F)F)c2)CCC1Oc1ccc(OC(F)(F)F)cc1. The van der Waals surface area contributed by atoms with Crippen LogP contribution >= 0.6 is 12.2 Å². The average Bonchev–Trinajstić information content (AvgIpc) is 2.94. The van der Waals surface area contributed by atoms with Crippen molar-refractivity contribution >= 4 is 28.9 Å². The second kappa shape index (κ2) is 15.0. The summed E-state index contributed by atoms with van der Waals surface area (Å²) in [7, 11) is 0. The van der Waals surface area contributed by atoms with Crippen molar-refractivity contribution in [1.82, 2.24) is 15.5 Å². The van der Waals surface area contributed by atoms with Crippen LogP contribution in [0.5, 0.6) is 17.2 Å². The van der Waals surface area contributed by atoms with Crippen molar-refractivity contribution in [2.75, 3.05) is 44.7 Å². The van der Waals surface area contributed by atoms with Gasteiger partial charge in [0.25, 0.3) is 0 Å². The van der Waals surface area contributed by atoms with Crippen LogP contribution in [0.4, 0.5) is 32.0 Å². The Hall–Kier alpha value is -3.50. The summed E-state index contributed by atoms with van der Waals surface area (Å²) in [6.45, 7) is 3.82. The van der Waals surface area contributed by atoms with Crippen molar-refractivity contribution in [2.24, 2.45) is 5.92 Å². The predicted octanol–water partition coefficient (Wildman–Crippen LogP) is 4.83. The first-order valence-corrected chi connectivity index (χ1v) is 14.3. The van der Waals surface area contributed by atoms with Crippen molar-refractivity contribution in [3.8, 4) is 17.2 Å². The van der Waals surface area contributed by atoms with Gasteiger partial charge in [0.15, 0.2) is 5.11 Å². The van der Waals surface area contributed by atoms with Gasteiger partial charge in [-0.05, 0) is 67.9 Å². The highest BCUT2D eigenvalue weighted by Crippen LogP contribution is 2.31. The lowest BCUT2D eigenvalue weighted by atomic mass is 9.82. The number of thiocarbonyl (C=S) groups is 1. The highest BCUT2D eigenvalue weighted by atomic mass is 32.1. The topological polar surface area (TPSA) is 93.3 Å². The molecule has 3 N–H and O–H groups in total. The highest BCUT2D eigenvalue weighted by Gasteiger charge is 2.37. The second-order valence-corrected chi connectivity index (χ2v) is 10.6. The highest BCUT2D eigenvalue weighted by molar-refractivity contribution is 7.80. The molecule has 3 unspecified atom stereocenters. The summed E-state index contributed by atoms with van der Waals surface area (Å²) >= 11 is 5.38. The third-order valence-electron chi connectivity index (χ3n) is 6.96. The van der Waals surface area contributed by atoms with E-state index >= 15 is 0 Å². The van der Waals surface area contributed by atoms with Gasteiger partial charge in [-0.3, -0.25) is 9.69 Å². The number of hydrogen-bond donors (Lipinski definition) is 3. The van der Waals surface area contributed by atoms with Crippen molar-refractivity contribution in [3.05, 3.63) is 48.5 Å². The number of halogens is 6. The summed E-state index contributed by atoms with van der Waals surface area (Å²) in [5, 5.41) is 9.06. The number of nitrogens with one attached hydrogen (secondary N) is 3. The van der Waals surface area contributed by atoms with Crippen molar-refractivity contribution in [1.29, 1.82) is 0 Å². The molecule has 4 rings (SSSR count). The number of morpholine rings is 1. The van der Waals surface area contributed by atoms with Crippen LogP contribution in [0.25, 0.3) is 0 Å². The fraction of sp³-hybridized carbons (Fsp3) is 0.500. The molecule has 1 saturated carbocycles. The van der Waals surface area contributed by atoms with E-state index in [0.717, 1.165) is 37.4 Å². The van der Waals surface area contributed by atoms with E-state index in [1.165, 1.54) is 24.3 Å². The Balaban J connectivity index is 1.37. The minimum atomic E-state index is -4.84. The van der Waals surface area contributed by atoms with Crippen LogP contribution < -0.4 is 30.2 Å².